The normalized spacial score (nSPS) is 9.54. The molecule has 3 nitrogen and oxygen atoms in total. The number of nitrogens with zero attached hydrogens (tertiary/aromatic N) is 2. The van der Waals surface area contributed by atoms with Crippen LogP contribution in [0.5, 0.6) is 0 Å². The van der Waals surface area contributed by atoms with Gasteiger partial charge in [-0.2, -0.15) is 4.99 Å². The molecular weight excluding hydrogens is 164 g/mol. The first-order valence-corrected chi connectivity index (χ1v) is 3.83. The van der Waals surface area contributed by atoms with Crippen LogP contribution in [-0.4, -0.2) is 11.1 Å². The first-order valence-electron chi connectivity index (χ1n) is 3.83. The fraction of sp³-hybridized carbons (Fsp3) is 0. The van der Waals surface area contributed by atoms with Gasteiger partial charge in [-0.15, -0.1) is 0 Å². The number of rotatable bonds is 1. The van der Waals surface area contributed by atoms with Gasteiger partial charge < -0.3 is 0 Å². The Kier molecular flexibility index (Phi) is 1.87. The summed E-state index contributed by atoms with van der Waals surface area (Å²) in [6.07, 6.45) is 3.23. The predicted molar refractivity (Wildman–Crippen MR) is 49.5 cm³/mol. The van der Waals surface area contributed by atoms with Crippen molar-refractivity contribution in [3.8, 4) is 0 Å². The molecule has 0 bridgehead atoms. The molecule has 0 fully saturated rings. The van der Waals surface area contributed by atoms with Crippen LogP contribution in [0.2, 0.25) is 0 Å². The lowest BCUT2D eigenvalue weighted by molar-refractivity contribution is 0.565. The number of isocyanates is 1. The van der Waals surface area contributed by atoms with Crippen molar-refractivity contribution in [1.82, 2.24) is 4.98 Å². The quantitative estimate of drug-likeness (QED) is 0.486. The van der Waals surface area contributed by atoms with Crippen molar-refractivity contribution in [2.24, 2.45) is 4.99 Å². The Morgan fingerprint density at radius 3 is 3.08 bits per heavy atom. The van der Waals surface area contributed by atoms with Crippen molar-refractivity contribution >= 4 is 22.7 Å². The van der Waals surface area contributed by atoms with E-state index in [-0.39, 0.29) is 0 Å². The third-order valence-electron chi connectivity index (χ3n) is 1.76. The number of carbonyl (C=O) groups excluding carboxylic acids is 1. The topological polar surface area (TPSA) is 42.3 Å². The van der Waals surface area contributed by atoms with Crippen molar-refractivity contribution in [2.45, 2.75) is 0 Å². The van der Waals surface area contributed by atoms with E-state index in [1.165, 1.54) is 6.08 Å². The van der Waals surface area contributed by atoms with Gasteiger partial charge in [0.15, 0.2) is 0 Å². The van der Waals surface area contributed by atoms with E-state index >= 15 is 0 Å². The zero-order chi connectivity index (χ0) is 9.10. The molecule has 2 rings (SSSR count). The maximum atomic E-state index is 10.0. The van der Waals surface area contributed by atoms with Crippen molar-refractivity contribution < 1.29 is 4.79 Å². The maximum absolute atomic E-state index is 10.0. The molecule has 0 saturated carbocycles. The van der Waals surface area contributed by atoms with Gasteiger partial charge >= 0.3 is 0 Å². The van der Waals surface area contributed by atoms with Gasteiger partial charge in [0.05, 0.1) is 11.2 Å². The molecular formula is C10H6N2O. The van der Waals surface area contributed by atoms with E-state index in [0.717, 1.165) is 10.9 Å². The van der Waals surface area contributed by atoms with Crippen LogP contribution in [0.3, 0.4) is 0 Å². The summed E-state index contributed by atoms with van der Waals surface area (Å²) in [5.41, 5.74) is 1.50. The van der Waals surface area contributed by atoms with Crippen molar-refractivity contribution in [2.75, 3.05) is 0 Å². The lowest BCUT2D eigenvalue weighted by atomic mass is 10.2. The fourth-order valence-corrected chi connectivity index (χ4v) is 1.19. The lowest BCUT2D eigenvalue weighted by Crippen LogP contribution is -1.75. The molecule has 0 aliphatic heterocycles. The summed E-state index contributed by atoms with van der Waals surface area (Å²) in [4.78, 5) is 17.7. The Balaban J connectivity index is 2.68. The summed E-state index contributed by atoms with van der Waals surface area (Å²) < 4.78 is 0. The van der Waals surface area contributed by atoms with Gasteiger partial charge in [0, 0.05) is 11.6 Å². The number of benzene rings is 1. The van der Waals surface area contributed by atoms with Crippen LogP contribution in [0.15, 0.2) is 41.5 Å². The number of pyridine rings is 1. The minimum Gasteiger partial charge on any atom is -0.256 e. The predicted octanol–water partition coefficient (Wildman–Crippen LogP) is 2.20. The van der Waals surface area contributed by atoms with E-state index in [9.17, 15) is 4.79 Å². The highest BCUT2D eigenvalue weighted by atomic mass is 16.1. The van der Waals surface area contributed by atoms with Crippen LogP contribution in [0.4, 0.5) is 5.69 Å². The maximum Gasteiger partial charge on any atom is 0.240 e. The minimum absolute atomic E-state index is 0.607. The highest BCUT2D eigenvalue weighted by molar-refractivity contribution is 5.81. The first kappa shape index (κ1) is 7.65. The van der Waals surface area contributed by atoms with Gasteiger partial charge in [0.1, 0.15) is 0 Å². The molecule has 0 radical (unpaired) electrons. The second kappa shape index (κ2) is 3.17. The molecule has 0 amide bonds. The molecule has 0 aliphatic rings. The Bertz CT molecular complexity index is 487. The molecule has 62 valence electrons. The minimum atomic E-state index is 0.607. The fourth-order valence-electron chi connectivity index (χ4n) is 1.19. The van der Waals surface area contributed by atoms with Crippen molar-refractivity contribution in [3.63, 3.8) is 0 Å². The second-order valence-corrected chi connectivity index (χ2v) is 2.58. The third-order valence-corrected chi connectivity index (χ3v) is 1.76. The van der Waals surface area contributed by atoms with Gasteiger partial charge in [-0.25, -0.2) is 4.79 Å². The van der Waals surface area contributed by atoms with Gasteiger partial charge in [0.2, 0.25) is 6.08 Å². The first-order chi connectivity index (χ1) is 6.40. The van der Waals surface area contributed by atoms with E-state index in [4.69, 9.17) is 0 Å². The van der Waals surface area contributed by atoms with Gasteiger partial charge in [-0.1, -0.05) is 6.07 Å². The van der Waals surface area contributed by atoms with E-state index in [1.54, 1.807) is 18.3 Å². The largest absolute Gasteiger partial charge is 0.256 e. The number of hydrogen-bond acceptors (Lipinski definition) is 3. The van der Waals surface area contributed by atoms with Crippen LogP contribution >= 0.6 is 0 Å². The summed E-state index contributed by atoms with van der Waals surface area (Å²) >= 11 is 0. The van der Waals surface area contributed by atoms with Gasteiger partial charge in [-0.3, -0.25) is 4.98 Å². The van der Waals surface area contributed by atoms with Crippen LogP contribution in [0, 0.1) is 0 Å². The van der Waals surface area contributed by atoms with E-state index < -0.39 is 0 Å². The number of hydrogen-bond donors (Lipinski definition) is 0. The Morgan fingerprint density at radius 1 is 1.31 bits per heavy atom. The Hall–Kier alpha value is -1.99. The van der Waals surface area contributed by atoms with Gasteiger partial charge in [-0.05, 0) is 24.3 Å². The molecule has 1 heterocycles. The molecule has 13 heavy (non-hydrogen) atoms. The Labute approximate surface area is 74.8 Å². The summed E-state index contributed by atoms with van der Waals surface area (Å²) in [5, 5.41) is 0.971. The Morgan fingerprint density at radius 2 is 2.23 bits per heavy atom. The smallest absolute Gasteiger partial charge is 0.240 e. The number of fused-ring (bicyclic) bond motifs is 1. The zero-order valence-corrected chi connectivity index (χ0v) is 6.77. The van der Waals surface area contributed by atoms with Crippen LogP contribution in [0.25, 0.3) is 10.9 Å². The van der Waals surface area contributed by atoms with Crippen molar-refractivity contribution in [3.05, 3.63) is 36.5 Å². The third kappa shape index (κ3) is 1.45. The summed E-state index contributed by atoms with van der Waals surface area (Å²) in [7, 11) is 0. The molecule has 0 atom stereocenters. The number of aromatic nitrogens is 1. The molecule has 0 aliphatic carbocycles. The number of aliphatic imine (C=N–C) groups is 1. The molecule has 0 saturated heterocycles. The van der Waals surface area contributed by atoms with E-state index in [1.807, 2.05) is 18.2 Å². The van der Waals surface area contributed by atoms with Crippen LogP contribution < -0.4 is 0 Å². The molecule has 0 N–H and O–H groups in total. The van der Waals surface area contributed by atoms with E-state index in [0.29, 0.717) is 5.69 Å². The summed E-state index contributed by atoms with van der Waals surface area (Å²) in [5.74, 6) is 0. The molecule has 1 aromatic carbocycles. The summed E-state index contributed by atoms with van der Waals surface area (Å²) in [6, 6.07) is 9.13. The average molecular weight is 170 g/mol. The molecule has 0 spiro atoms. The molecule has 3 heteroatoms. The zero-order valence-electron chi connectivity index (χ0n) is 6.77. The molecule has 0 unspecified atom stereocenters. The van der Waals surface area contributed by atoms with Crippen LogP contribution in [-0.2, 0) is 4.79 Å². The molecule has 2 aromatic rings. The molecule has 1 aromatic heterocycles. The highest BCUT2D eigenvalue weighted by Gasteiger charge is 1.94. The van der Waals surface area contributed by atoms with Crippen LogP contribution in [0.1, 0.15) is 0 Å². The lowest BCUT2D eigenvalue weighted by Gasteiger charge is -1.95. The van der Waals surface area contributed by atoms with E-state index in [2.05, 4.69) is 9.98 Å². The van der Waals surface area contributed by atoms with Gasteiger partial charge in [0.25, 0.3) is 0 Å². The standard InChI is InChI=1S/C10H6N2O/c13-7-12-9-3-4-10-8(6-9)2-1-5-11-10/h1-6H. The monoisotopic (exact) mass is 170 g/mol. The second-order valence-electron chi connectivity index (χ2n) is 2.58. The SMILES string of the molecule is O=C=Nc1ccc2ncccc2c1. The summed E-state index contributed by atoms with van der Waals surface area (Å²) in [6.45, 7) is 0. The van der Waals surface area contributed by atoms with Crippen molar-refractivity contribution in [1.29, 1.82) is 0 Å². The average Bonchev–Trinajstić information content (AvgIpc) is 2.18. The highest BCUT2D eigenvalue weighted by Crippen LogP contribution is 2.18.